The number of likely N-dealkylation sites (tertiary alicyclic amines) is 1. The zero-order valence-electron chi connectivity index (χ0n) is 16.3. The predicted molar refractivity (Wildman–Crippen MR) is 109 cm³/mol. The lowest BCUT2D eigenvalue weighted by atomic mass is 10.2. The summed E-state index contributed by atoms with van der Waals surface area (Å²) in [5.74, 6) is 0.547. The summed E-state index contributed by atoms with van der Waals surface area (Å²) < 4.78 is 7.11. The van der Waals surface area contributed by atoms with Crippen LogP contribution in [-0.4, -0.2) is 60.5 Å². The molecule has 1 aliphatic heterocycles. The fourth-order valence-corrected chi connectivity index (χ4v) is 3.71. The maximum atomic E-state index is 12.8. The van der Waals surface area contributed by atoms with Crippen LogP contribution in [0.3, 0.4) is 0 Å². The summed E-state index contributed by atoms with van der Waals surface area (Å²) in [6.07, 6.45) is 8.36. The van der Waals surface area contributed by atoms with Gasteiger partial charge in [0.05, 0.1) is 18.1 Å². The van der Waals surface area contributed by atoms with Crippen molar-refractivity contribution >= 4 is 23.1 Å². The van der Waals surface area contributed by atoms with Crippen LogP contribution in [0, 0.1) is 0 Å². The van der Waals surface area contributed by atoms with Crippen LogP contribution in [0.25, 0.3) is 16.9 Å². The summed E-state index contributed by atoms with van der Waals surface area (Å²) in [5, 5.41) is 14.3. The van der Waals surface area contributed by atoms with Gasteiger partial charge in [-0.2, -0.15) is 10.2 Å². The number of amides is 1. The fourth-order valence-electron chi connectivity index (χ4n) is 3.71. The molecule has 0 bridgehead atoms. The van der Waals surface area contributed by atoms with Crippen LogP contribution in [0.1, 0.15) is 23.2 Å². The van der Waals surface area contributed by atoms with Crippen LogP contribution in [0.2, 0.25) is 0 Å². The molecule has 5 rings (SSSR count). The van der Waals surface area contributed by atoms with E-state index in [0.29, 0.717) is 17.0 Å². The second kappa shape index (κ2) is 7.56. The number of carbonyl (C=O) groups excluding carboxylic acids is 1. The minimum Gasteiger partial charge on any atom is -0.362 e. The first-order valence-electron chi connectivity index (χ1n) is 9.63. The lowest BCUT2D eigenvalue weighted by Crippen LogP contribution is -2.36. The van der Waals surface area contributed by atoms with Crippen molar-refractivity contribution in [3.05, 3.63) is 54.7 Å². The van der Waals surface area contributed by atoms with Crippen LogP contribution in [0.15, 0.2) is 49.2 Å². The number of anilines is 2. The number of nitrogens with one attached hydrogen (secondary N) is 2. The Morgan fingerprint density at radius 2 is 2.10 bits per heavy atom. The molecule has 2 N–H and O–H groups in total. The second-order valence-corrected chi connectivity index (χ2v) is 7.01. The fraction of sp³-hybridized carbons (Fsp3) is 0.250. The van der Waals surface area contributed by atoms with Crippen LogP contribution in [0.4, 0.5) is 11.5 Å². The van der Waals surface area contributed by atoms with E-state index in [1.54, 1.807) is 47.2 Å². The SMILES string of the molecule is COC1CCCN1C(=O)c1ccc(Nc2ncc(-c3cn[nH]c3)n3ncnc23)cc1. The quantitative estimate of drug-likeness (QED) is 0.525. The predicted octanol–water partition coefficient (Wildman–Crippen LogP) is 2.47. The van der Waals surface area contributed by atoms with Gasteiger partial charge in [-0.1, -0.05) is 0 Å². The van der Waals surface area contributed by atoms with Crippen molar-refractivity contribution < 1.29 is 9.53 Å². The molecule has 1 saturated heterocycles. The van der Waals surface area contributed by atoms with E-state index in [4.69, 9.17) is 4.74 Å². The standard InChI is InChI=1S/C20H20N8O2/c1-30-17-3-2-8-27(17)20(29)13-4-6-15(7-5-13)26-18-19-22-12-25-28(19)16(11-21-18)14-9-23-24-10-14/h4-7,9-12,17H,2-3,8H2,1H3,(H,21,26)(H,23,24). The molecule has 152 valence electrons. The Kier molecular flexibility index (Phi) is 4.60. The Morgan fingerprint density at radius 3 is 2.87 bits per heavy atom. The van der Waals surface area contributed by atoms with Gasteiger partial charge in [0.2, 0.25) is 0 Å². The molecule has 3 aromatic heterocycles. The number of nitrogens with zero attached hydrogens (tertiary/aromatic N) is 6. The van der Waals surface area contributed by atoms with E-state index >= 15 is 0 Å². The molecule has 1 amide bonds. The Labute approximate surface area is 171 Å². The van der Waals surface area contributed by atoms with Gasteiger partial charge < -0.3 is 15.0 Å². The first-order chi connectivity index (χ1) is 14.7. The van der Waals surface area contributed by atoms with Crippen molar-refractivity contribution in [2.75, 3.05) is 19.0 Å². The zero-order chi connectivity index (χ0) is 20.5. The summed E-state index contributed by atoms with van der Waals surface area (Å²) in [6.45, 7) is 0.717. The van der Waals surface area contributed by atoms with Gasteiger partial charge in [-0.3, -0.25) is 9.89 Å². The molecule has 0 radical (unpaired) electrons. The number of H-pyrrole nitrogens is 1. The highest BCUT2D eigenvalue weighted by atomic mass is 16.5. The molecule has 30 heavy (non-hydrogen) atoms. The Bertz CT molecular complexity index is 1170. The number of rotatable bonds is 5. The summed E-state index contributed by atoms with van der Waals surface area (Å²) >= 11 is 0. The first kappa shape index (κ1) is 18.3. The van der Waals surface area contributed by atoms with E-state index in [9.17, 15) is 4.79 Å². The molecular formula is C20H20N8O2. The zero-order valence-corrected chi connectivity index (χ0v) is 16.3. The van der Waals surface area contributed by atoms with Crippen LogP contribution < -0.4 is 5.32 Å². The van der Waals surface area contributed by atoms with Gasteiger partial charge in [-0.05, 0) is 37.1 Å². The van der Waals surface area contributed by atoms with Gasteiger partial charge >= 0.3 is 0 Å². The summed E-state index contributed by atoms with van der Waals surface area (Å²) in [6, 6.07) is 7.31. The van der Waals surface area contributed by atoms with Gasteiger partial charge in [0.1, 0.15) is 12.6 Å². The molecule has 1 unspecified atom stereocenters. The van der Waals surface area contributed by atoms with Gasteiger partial charge in [0.25, 0.3) is 5.91 Å². The van der Waals surface area contributed by atoms with Gasteiger partial charge in [0.15, 0.2) is 11.5 Å². The number of hydrogen-bond acceptors (Lipinski definition) is 7. The van der Waals surface area contributed by atoms with E-state index in [0.717, 1.165) is 36.3 Å². The summed E-state index contributed by atoms with van der Waals surface area (Å²) in [7, 11) is 1.64. The third kappa shape index (κ3) is 3.16. The lowest BCUT2D eigenvalue weighted by molar-refractivity contribution is 0.00166. The number of benzene rings is 1. The molecule has 0 aliphatic carbocycles. The maximum absolute atomic E-state index is 12.8. The van der Waals surface area contributed by atoms with E-state index in [-0.39, 0.29) is 12.1 Å². The molecule has 1 atom stereocenters. The first-order valence-corrected chi connectivity index (χ1v) is 9.63. The van der Waals surface area contributed by atoms with Crippen molar-refractivity contribution in [2.45, 2.75) is 19.1 Å². The highest BCUT2D eigenvalue weighted by Crippen LogP contribution is 2.25. The molecule has 10 nitrogen and oxygen atoms in total. The minimum atomic E-state index is -0.144. The number of carbonyl (C=O) groups is 1. The smallest absolute Gasteiger partial charge is 0.255 e. The van der Waals surface area contributed by atoms with Gasteiger partial charge in [-0.15, -0.1) is 0 Å². The normalized spacial score (nSPS) is 16.3. The Balaban J connectivity index is 1.38. The van der Waals surface area contributed by atoms with Crippen LogP contribution in [0.5, 0.6) is 0 Å². The molecule has 0 saturated carbocycles. The molecule has 0 spiro atoms. The molecule has 1 fully saturated rings. The van der Waals surface area contributed by atoms with E-state index in [1.165, 1.54) is 6.33 Å². The maximum Gasteiger partial charge on any atom is 0.255 e. The van der Waals surface area contributed by atoms with E-state index in [1.807, 2.05) is 12.1 Å². The number of fused-ring (bicyclic) bond motifs is 1. The van der Waals surface area contributed by atoms with Crippen molar-refractivity contribution in [1.82, 2.24) is 34.7 Å². The highest BCUT2D eigenvalue weighted by Gasteiger charge is 2.29. The molecule has 4 aromatic rings. The Morgan fingerprint density at radius 1 is 1.23 bits per heavy atom. The number of hydrogen-bond donors (Lipinski definition) is 2. The van der Waals surface area contributed by atoms with E-state index < -0.39 is 0 Å². The molecule has 4 heterocycles. The van der Waals surface area contributed by atoms with Crippen molar-refractivity contribution in [3.8, 4) is 11.3 Å². The lowest BCUT2D eigenvalue weighted by Gasteiger charge is -2.23. The second-order valence-electron chi connectivity index (χ2n) is 7.01. The van der Waals surface area contributed by atoms with Crippen molar-refractivity contribution in [3.63, 3.8) is 0 Å². The number of aromatic nitrogens is 6. The van der Waals surface area contributed by atoms with Crippen molar-refractivity contribution in [1.29, 1.82) is 0 Å². The van der Waals surface area contributed by atoms with Gasteiger partial charge in [0, 0.05) is 36.7 Å². The number of methoxy groups -OCH3 is 1. The average Bonchev–Trinajstić information content (AvgIpc) is 3.55. The molecule has 10 heteroatoms. The third-order valence-corrected chi connectivity index (χ3v) is 5.22. The van der Waals surface area contributed by atoms with Crippen LogP contribution in [-0.2, 0) is 4.74 Å². The third-order valence-electron chi connectivity index (χ3n) is 5.22. The van der Waals surface area contributed by atoms with Crippen molar-refractivity contribution in [2.24, 2.45) is 0 Å². The number of aromatic amines is 1. The topological polar surface area (TPSA) is 113 Å². The monoisotopic (exact) mass is 404 g/mol. The average molecular weight is 404 g/mol. The highest BCUT2D eigenvalue weighted by molar-refractivity contribution is 5.95. The van der Waals surface area contributed by atoms with Crippen LogP contribution >= 0.6 is 0 Å². The van der Waals surface area contributed by atoms with E-state index in [2.05, 4.69) is 30.6 Å². The molecular weight excluding hydrogens is 384 g/mol. The Hall–Kier alpha value is -3.79. The summed E-state index contributed by atoms with van der Waals surface area (Å²) in [4.78, 5) is 23.4. The van der Waals surface area contributed by atoms with Gasteiger partial charge in [-0.25, -0.2) is 14.5 Å². The minimum absolute atomic E-state index is 0.0201. The molecule has 1 aliphatic rings. The molecule has 1 aromatic carbocycles. The largest absolute Gasteiger partial charge is 0.362 e. The number of ether oxygens (including phenoxy) is 1. The summed E-state index contributed by atoms with van der Waals surface area (Å²) in [5.41, 5.74) is 3.66.